The molecule has 0 aliphatic rings. The van der Waals surface area contributed by atoms with E-state index >= 15 is 0 Å². The summed E-state index contributed by atoms with van der Waals surface area (Å²) in [6, 6.07) is 3.43. The highest BCUT2D eigenvalue weighted by atomic mass is 35.5. The minimum atomic E-state index is -0.784. The molecule has 2 rings (SSSR count). The van der Waals surface area contributed by atoms with Crippen LogP contribution in [0, 0.1) is 0 Å². The smallest absolute Gasteiger partial charge is 0.116 e. The summed E-state index contributed by atoms with van der Waals surface area (Å²) in [4.78, 5) is 4.56. The molecule has 78 valence electrons. The van der Waals surface area contributed by atoms with E-state index in [-0.39, 0.29) is 0 Å². The van der Waals surface area contributed by atoms with Crippen molar-refractivity contribution < 1.29 is 5.11 Å². The Morgan fingerprint density at radius 1 is 1.27 bits per heavy atom. The number of hydrogen-bond acceptors (Lipinski definition) is 3. The van der Waals surface area contributed by atoms with Gasteiger partial charge < -0.3 is 5.11 Å². The summed E-state index contributed by atoms with van der Waals surface area (Å²) in [6.07, 6.45) is 2.31. The van der Waals surface area contributed by atoms with E-state index in [1.165, 1.54) is 17.5 Å². The molecule has 0 aromatic carbocycles. The molecule has 1 atom stereocenters. The van der Waals surface area contributed by atoms with E-state index in [1.807, 2.05) is 5.38 Å². The maximum atomic E-state index is 10.1. The van der Waals surface area contributed by atoms with Crippen molar-refractivity contribution in [3.8, 4) is 0 Å². The average Bonchev–Trinajstić information content (AvgIpc) is 2.64. The van der Waals surface area contributed by atoms with Gasteiger partial charge in [-0.2, -0.15) is 0 Å². The largest absolute Gasteiger partial charge is 0.383 e. The molecule has 0 aliphatic carbocycles. The standard InChI is InChI=1S/C10H7Cl2NOS/c11-7-2-4-15-10(7)9(14)6-1-3-13-5-8(6)12/h1-5,9,14H. The lowest BCUT2D eigenvalue weighted by Crippen LogP contribution is -1.98. The Bertz CT molecular complexity index is 472. The summed E-state index contributed by atoms with van der Waals surface area (Å²) in [5.41, 5.74) is 0.621. The predicted octanol–water partition coefficient (Wildman–Crippen LogP) is 3.53. The van der Waals surface area contributed by atoms with E-state index in [2.05, 4.69) is 4.98 Å². The van der Waals surface area contributed by atoms with Gasteiger partial charge in [0.05, 0.1) is 14.9 Å². The quantitative estimate of drug-likeness (QED) is 0.895. The van der Waals surface area contributed by atoms with Crippen LogP contribution >= 0.6 is 34.5 Å². The van der Waals surface area contributed by atoms with Gasteiger partial charge in [0.25, 0.3) is 0 Å². The van der Waals surface area contributed by atoms with Crippen LogP contribution in [0.25, 0.3) is 0 Å². The third-order valence-electron chi connectivity index (χ3n) is 1.99. The van der Waals surface area contributed by atoms with Crippen LogP contribution in [-0.4, -0.2) is 10.1 Å². The van der Waals surface area contributed by atoms with E-state index < -0.39 is 6.10 Å². The van der Waals surface area contributed by atoms with Crippen LogP contribution in [0.1, 0.15) is 16.5 Å². The van der Waals surface area contributed by atoms with E-state index in [0.717, 1.165) is 0 Å². The van der Waals surface area contributed by atoms with Gasteiger partial charge in [0.15, 0.2) is 0 Å². The van der Waals surface area contributed by atoms with Crippen molar-refractivity contribution in [1.29, 1.82) is 0 Å². The van der Waals surface area contributed by atoms with Crippen molar-refractivity contribution in [3.63, 3.8) is 0 Å². The first-order valence-electron chi connectivity index (χ1n) is 4.20. The van der Waals surface area contributed by atoms with Crippen LogP contribution in [0.2, 0.25) is 10.0 Å². The SMILES string of the molecule is OC(c1ccncc1Cl)c1sccc1Cl. The second-order valence-electron chi connectivity index (χ2n) is 2.93. The normalized spacial score (nSPS) is 12.7. The van der Waals surface area contributed by atoms with Crippen LogP contribution in [-0.2, 0) is 0 Å². The van der Waals surface area contributed by atoms with Gasteiger partial charge >= 0.3 is 0 Å². The summed E-state index contributed by atoms with van der Waals surface area (Å²) < 4.78 is 0. The zero-order chi connectivity index (χ0) is 10.8. The number of aliphatic hydroxyl groups excluding tert-OH is 1. The van der Waals surface area contributed by atoms with E-state index in [0.29, 0.717) is 20.5 Å². The fourth-order valence-corrected chi connectivity index (χ4v) is 2.63. The van der Waals surface area contributed by atoms with Crippen molar-refractivity contribution >= 4 is 34.5 Å². The van der Waals surface area contributed by atoms with Crippen LogP contribution in [0.3, 0.4) is 0 Å². The maximum absolute atomic E-state index is 10.1. The van der Waals surface area contributed by atoms with Crippen LogP contribution in [0.5, 0.6) is 0 Å². The lowest BCUT2D eigenvalue weighted by atomic mass is 10.1. The van der Waals surface area contributed by atoms with Crippen molar-refractivity contribution in [2.24, 2.45) is 0 Å². The minimum Gasteiger partial charge on any atom is -0.383 e. The third-order valence-corrected chi connectivity index (χ3v) is 3.72. The Morgan fingerprint density at radius 3 is 2.67 bits per heavy atom. The summed E-state index contributed by atoms with van der Waals surface area (Å²) in [5.74, 6) is 0. The molecule has 5 heteroatoms. The monoisotopic (exact) mass is 259 g/mol. The first-order valence-corrected chi connectivity index (χ1v) is 5.84. The first kappa shape index (κ1) is 10.9. The van der Waals surface area contributed by atoms with Gasteiger partial charge in [0.1, 0.15) is 6.10 Å². The average molecular weight is 260 g/mol. The zero-order valence-electron chi connectivity index (χ0n) is 7.52. The number of pyridine rings is 1. The Kier molecular flexibility index (Phi) is 3.26. The fourth-order valence-electron chi connectivity index (χ4n) is 1.25. The van der Waals surface area contributed by atoms with Crippen molar-refractivity contribution in [3.05, 3.63) is 50.4 Å². The van der Waals surface area contributed by atoms with E-state index in [4.69, 9.17) is 23.2 Å². The summed E-state index contributed by atoms with van der Waals surface area (Å²) in [5, 5.41) is 12.9. The Labute approximate surface area is 101 Å². The van der Waals surface area contributed by atoms with Gasteiger partial charge in [-0.25, -0.2) is 0 Å². The second-order valence-corrected chi connectivity index (χ2v) is 4.69. The molecule has 0 bridgehead atoms. The molecule has 1 unspecified atom stereocenters. The Morgan fingerprint density at radius 2 is 2.07 bits per heavy atom. The molecular formula is C10H7Cl2NOS. The van der Waals surface area contributed by atoms with Gasteiger partial charge in [0.2, 0.25) is 0 Å². The lowest BCUT2D eigenvalue weighted by molar-refractivity contribution is 0.224. The first-order chi connectivity index (χ1) is 7.20. The van der Waals surface area contributed by atoms with Crippen molar-refractivity contribution in [2.45, 2.75) is 6.10 Å². The van der Waals surface area contributed by atoms with Gasteiger partial charge in [-0.15, -0.1) is 11.3 Å². The fraction of sp³-hybridized carbons (Fsp3) is 0.100. The molecule has 1 N–H and O–H groups in total. The highest BCUT2D eigenvalue weighted by Gasteiger charge is 2.17. The number of aromatic nitrogens is 1. The molecule has 0 saturated heterocycles. The molecule has 0 fully saturated rings. The van der Waals surface area contributed by atoms with E-state index in [9.17, 15) is 5.11 Å². The number of thiophene rings is 1. The van der Waals surface area contributed by atoms with Gasteiger partial charge in [-0.1, -0.05) is 23.2 Å². The number of rotatable bonds is 2. The number of halogens is 2. The molecule has 0 amide bonds. The Balaban J connectivity index is 2.41. The second kappa shape index (κ2) is 4.49. The molecule has 0 radical (unpaired) electrons. The van der Waals surface area contributed by atoms with Gasteiger partial charge in [-0.3, -0.25) is 4.98 Å². The predicted molar refractivity (Wildman–Crippen MR) is 62.6 cm³/mol. The highest BCUT2D eigenvalue weighted by Crippen LogP contribution is 2.34. The molecule has 0 aliphatic heterocycles. The molecule has 2 heterocycles. The third kappa shape index (κ3) is 2.16. The van der Waals surface area contributed by atoms with E-state index in [1.54, 1.807) is 18.3 Å². The van der Waals surface area contributed by atoms with Crippen LogP contribution in [0.4, 0.5) is 0 Å². The Hall–Kier alpha value is -0.610. The maximum Gasteiger partial charge on any atom is 0.116 e. The van der Waals surface area contributed by atoms with Crippen LogP contribution < -0.4 is 0 Å². The van der Waals surface area contributed by atoms with Gasteiger partial charge in [-0.05, 0) is 17.5 Å². The molecule has 15 heavy (non-hydrogen) atoms. The highest BCUT2D eigenvalue weighted by molar-refractivity contribution is 7.10. The van der Waals surface area contributed by atoms with Crippen molar-refractivity contribution in [2.75, 3.05) is 0 Å². The number of nitrogens with zero attached hydrogens (tertiary/aromatic N) is 1. The molecule has 2 aromatic rings. The van der Waals surface area contributed by atoms with Crippen LogP contribution in [0.15, 0.2) is 29.9 Å². The molecule has 2 nitrogen and oxygen atoms in total. The summed E-state index contributed by atoms with van der Waals surface area (Å²) >= 11 is 13.3. The summed E-state index contributed by atoms with van der Waals surface area (Å²) in [6.45, 7) is 0. The van der Waals surface area contributed by atoms with Gasteiger partial charge in [0, 0.05) is 18.0 Å². The number of hydrogen-bond donors (Lipinski definition) is 1. The van der Waals surface area contributed by atoms with Crippen molar-refractivity contribution in [1.82, 2.24) is 4.98 Å². The molecule has 0 spiro atoms. The zero-order valence-corrected chi connectivity index (χ0v) is 9.85. The lowest BCUT2D eigenvalue weighted by Gasteiger charge is -2.10. The summed E-state index contributed by atoms with van der Waals surface area (Å²) in [7, 11) is 0. The molecule has 2 aromatic heterocycles. The minimum absolute atomic E-state index is 0.439. The molecular weight excluding hydrogens is 253 g/mol. The molecule has 0 saturated carbocycles. The number of aliphatic hydroxyl groups is 1. The topological polar surface area (TPSA) is 33.1 Å².